The molecule has 0 amide bonds. The number of fused-ring (bicyclic) bond motifs is 3. The average Bonchev–Trinajstić information content (AvgIpc) is 2.29. The second kappa shape index (κ2) is 3.16. The van der Waals surface area contributed by atoms with Crippen molar-refractivity contribution in [1.82, 2.24) is 9.97 Å². The Morgan fingerprint density at radius 3 is 3.12 bits per heavy atom. The summed E-state index contributed by atoms with van der Waals surface area (Å²) in [6.07, 6.45) is 1.60. The van der Waals surface area contributed by atoms with E-state index >= 15 is 0 Å². The normalized spacial score (nSPS) is 12.6. The van der Waals surface area contributed by atoms with Gasteiger partial charge in [-0.25, -0.2) is 14.4 Å². The minimum atomic E-state index is -0.326. The lowest BCUT2D eigenvalue weighted by Crippen LogP contribution is -2.09. The topological polar surface area (TPSA) is 61.0 Å². The van der Waals surface area contributed by atoms with Crippen LogP contribution in [0.15, 0.2) is 24.4 Å². The van der Waals surface area contributed by atoms with Crippen LogP contribution >= 0.6 is 0 Å². The molecule has 0 spiro atoms. The summed E-state index contributed by atoms with van der Waals surface area (Å²) >= 11 is 0. The fourth-order valence-corrected chi connectivity index (χ4v) is 1.73. The van der Waals surface area contributed by atoms with E-state index in [1.54, 1.807) is 12.3 Å². The number of anilines is 1. The molecular formula is C11H8FN3O. The standard InChI is InChI=1S/C11H8FN3O/c12-7-1-2-9-8(3-7)10-6(5-16-9)4-14-11(13)15-10/h1-4H,5H2,(H2,13,14,15). The number of halogens is 1. The lowest BCUT2D eigenvalue weighted by molar-refractivity contribution is 0.300. The summed E-state index contributed by atoms with van der Waals surface area (Å²) in [5.74, 6) is 0.468. The fraction of sp³-hybridized carbons (Fsp3) is 0.0909. The van der Waals surface area contributed by atoms with Crippen LogP contribution < -0.4 is 10.5 Å². The van der Waals surface area contributed by atoms with Crippen LogP contribution in [0.1, 0.15) is 5.56 Å². The van der Waals surface area contributed by atoms with Crippen LogP contribution in [0, 0.1) is 5.82 Å². The molecule has 4 nitrogen and oxygen atoms in total. The van der Waals surface area contributed by atoms with E-state index in [9.17, 15) is 4.39 Å². The van der Waals surface area contributed by atoms with Gasteiger partial charge in [-0.05, 0) is 18.2 Å². The molecule has 0 saturated carbocycles. The summed E-state index contributed by atoms with van der Waals surface area (Å²) in [4.78, 5) is 8.00. The second-order valence-electron chi connectivity index (χ2n) is 3.53. The predicted octanol–water partition coefficient (Wildman–Crippen LogP) is 1.76. The Bertz CT molecular complexity index is 520. The molecular weight excluding hydrogens is 209 g/mol. The molecule has 3 rings (SSSR count). The average molecular weight is 217 g/mol. The highest BCUT2D eigenvalue weighted by molar-refractivity contribution is 5.72. The maximum absolute atomic E-state index is 13.2. The van der Waals surface area contributed by atoms with Crippen molar-refractivity contribution in [3.8, 4) is 17.0 Å². The quantitative estimate of drug-likeness (QED) is 0.730. The van der Waals surface area contributed by atoms with Crippen LogP contribution in [0.4, 0.5) is 10.3 Å². The zero-order valence-electron chi connectivity index (χ0n) is 8.27. The summed E-state index contributed by atoms with van der Waals surface area (Å²) in [5.41, 5.74) is 7.60. The van der Waals surface area contributed by atoms with Crippen molar-refractivity contribution in [3.05, 3.63) is 35.8 Å². The third-order valence-electron chi connectivity index (χ3n) is 2.46. The molecule has 0 bridgehead atoms. The zero-order valence-corrected chi connectivity index (χ0v) is 8.27. The lowest BCUT2D eigenvalue weighted by Gasteiger charge is -2.19. The van der Waals surface area contributed by atoms with Gasteiger partial charge in [0.1, 0.15) is 18.2 Å². The smallest absolute Gasteiger partial charge is 0.220 e. The molecule has 0 radical (unpaired) electrons. The van der Waals surface area contributed by atoms with Crippen LogP contribution in [0.5, 0.6) is 5.75 Å². The first-order valence-electron chi connectivity index (χ1n) is 4.78. The third-order valence-corrected chi connectivity index (χ3v) is 2.46. The number of aromatic nitrogens is 2. The number of nitrogen functional groups attached to an aromatic ring is 1. The van der Waals surface area contributed by atoms with Gasteiger partial charge in [-0.2, -0.15) is 0 Å². The van der Waals surface area contributed by atoms with Crippen LogP contribution in [0.2, 0.25) is 0 Å². The Kier molecular flexibility index (Phi) is 1.80. The van der Waals surface area contributed by atoms with Crippen LogP contribution in [0.3, 0.4) is 0 Å². The third kappa shape index (κ3) is 1.29. The van der Waals surface area contributed by atoms with E-state index in [1.807, 2.05) is 0 Å². The van der Waals surface area contributed by atoms with Crippen molar-refractivity contribution in [1.29, 1.82) is 0 Å². The molecule has 1 aromatic carbocycles. The maximum atomic E-state index is 13.2. The Balaban J connectivity index is 2.28. The van der Waals surface area contributed by atoms with Gasteiger partial charge in [0, 0.05) is 17.3 Å². The number of hydrogen-bond donors (Lipinski definition) is 1. The molecule has 1 aliphatic rings. The molecule has 2 aromatic rings. The molecule has 5 heteroatoms. The van der Waals surface area contributed by atoms with Gasteiger partial charge >= 0.3 is 0 Å². The monoisotopic (exact) mass is 217 g/mol. The molecule has 0 unspecified atom stereocenters. The summed E-state index contributed by atoms with van der Waals surface area (Å²) in [7, 11) is 0. The Labute approximate surface area is 90.9 Å². The number of nitrogens with zero attached hydrogens (tertiary/aromatic N) is 2. The van der Waals surface area contributed by atoms with E-state index in [0.717, 1.165) is 5.56 Å². The first kappa shape index (κ1) is 9.08. The fourth-order valence-electron chi connectivity index (χ4n) is 1.73. The zero-order chi connectivity index (χ0) is 11.1. The van der Waals surface area contributed by atoms with Crippen molar-refractivity contribution >= 4 is 5.95 Å². The summed E-state index contributed by atoms with van der Waals surface area (Å²) in [5, 5.41) is 0. The largest absolute Gasteiger partial charge is 0.488 e. The van der Waals surface area contributed by atoms with E-state index in [0.29, 0.717) is 23.6 Å². The molecule has 16 heavy (non-hydrogen) atoms. The van der Waals surface area contributed by atoms with Gasteiger partial charge in [0.25, 0.3) is 0 Å². The van der Waals surface area contributed by atoms with Crippen molar-refractivity contribution in [3.63, 3.8) is 0 Å². The van der Waals surface area contributed by atoms with Gasteiger partial charge < -0.3 is 10.5 Å². The SMILES string of the molecule is Nc1ncc2c(n1)-c1cc(F)ccc1OC2. The second-order valence-corrected chi connectivity index (χ2v) is 3.53. The first-order valence-corrected chi connectivity index (χ1v) is 4.78. The van der Waals surface area contributed by atoms with Crippen LogP contribution in [-0.2, 0) is 6.61 Å². The van der Waals surface area contributed by atoms with Crippen LogP contribution in [0.25, 0.3) is 11.3 Å². The van der Waals surface area contributed by atoms with E-state index in [-0.39, 0.29) is 11.8 Å². The van der Waals surface area contributed by atoms with E-state index < -0.39 is 0 Å². The molecule has 0 aliphatic carbocycles. The van der Waals surface area contributed by atoms with E-state index in [2.05, 4.69) is 9.97 Å². The van der Waals surface area contributed by atoms with Crippen LogP contribution in [-0.4, -0.2) is 9.97 Å². The Morgan fingerprint density at radius 1 is 1.38 bits per heavy atom. The summed E-state index contributed by atoms with van der Waals surface area (Å²) < 4.78 is 18.6. The van der Waals surface area contributed by atoms with Crippen molar-refractivity contribution in [2.75, 3.05) is 5.73 Å². The van der Waals surface area contributed by atoms with Crippen molar-refractivity contribution < 1.29 is 9.13 Å². The van der Waals surface area contributed by atoms with Gasteiger partial charge in [0.15, 0.2) is 0 Å². The highest BCUT2D eigenvalue weighted by atomic mass is 19.1. The number of hydrogen-bond acceptors (Lipinski definition) is 4. The minimum Gasteiger partial charge on any atom is -0.488 e. The van der Waals surface area contributed by atoms with E-state index in [4.69, 9.17) is 10.5 Å². The molecule has 2 heterocycles. The van der Waals surface area contributed by atoms with Gasteiger partial charge in [-0.1, -0.05) is 0 Å². The highest BCUT2D eigenvalue weighted by Gasteiger charge is 2.19. The van der Waals surface area contributed by atoms with Crippen molar-refractivity contribution in [2.45, 2.75) is 6.61 Å². The summed E-state index contributed by atoms with van der Waals surface area (Å²) in [6, 6.07) is 4.33. The number of ether oxygens (including phenoxy) is 1. The Hall–Kier alpha value is -2.17. The van der Waals surface area contributed by atoms with Gasteiger partial charge in [-0.3, -0.25) is 0 Å². The maximum Gasteiger partial charge on any atom is 0.220 e. The minimum absolute atomic E-state index is 0.177. The molecule has 0 fully saturated rings. The predicted molar refractivity (Wildman–Crippen MR) is 56.2 cm³/mol. The van der Waals surface area contributed by atoms with Gasteiger partial charge in [-0.15, -0.1) is 0 Å². The van der Waals surface area contributed by atoms with E-state index in [1.165, 1.54) is 12.1 Å². The summed E-state index contributed by atoms with van der Waals surface area (Å²) in [6.45, 7) is 0.383. The molecule has 80 valence electrons. The van der Waals surface area contributed by atoms with Gasteiger partial charge in [0.05, 0.1) is 5.69 Å². The first-order chi connectivity index (χ1) is 7.74. The molecule has 1 aromatic heterocycles. The number of benzene rings is 1. The molecule has 0 atom stereocenters. The highest BCUT2D eigenvalue weighted by Crippen LogP contribution is 2.36. The van der Waals surface area contributed by atoms with Crippen molar-refractivity contribution in [2.24, 2.45) is 0 Å². The Morgan fingerprint density at radius 2 is 2.25 bits per heavy atom. The number of nitrogens with two attached hydrogens (primary N) is 1. The molecule has 1 aliphatic heterocycles. The molecule has 0 saturated heterocycles. The molecule has 2 N–H and O–H groups in total. The number of rotatable bonds is 0. The van der Waals surface area contributed by atoms with Gasteiger partial charge in [0.2, 0.25) is 5.95 Å². The lowest BCUT2D eigenvalue weighted by atomic mass is 10.0.